The molecule has 1 aliphatic rings. The van der Waals surface area contributed by atoms with Gasteiger partial charge in [-0.05, 0) is 47.5 Å². The van der Waals surface area contributed by atoms with E-state index in [1.54, 1.807) is 6.92 Å². The molecule has 1 atom stereocenters. The van der Waals surface area contributed by atoms with E-state index < -0.39 is 6.10 Å². The Morgan fingerprint density at radius 3 is 2.73 bits per heavy atom. The Bertz CT molecular complexity index is 954. The molecule has 0 radical (unpaired) electrons. The lowest BCUT2D eigenvalue weighted by atomic mass is 10.1. The van der Waals surface area contributed by atoms with Gasteiger partial charge in [0.05, 0.1) is 0 Å². The predicted octanol–water partition coefficient (Wildman–Crippen LogP) is 3.65. The van der Waals surface area contributed by atoms with Gasteiger partial charge in [0, 0.05) is 6.54 Å². The van der Waals surface area contributed by atoms with Gasteiger partial charge in [-0.3, -0.25) is 4.79 Å². The van der Waals surface area contributed by atoms with Crippen molar-refractivity contribution in [2.45, 2.75) is 19.6 Å². The number of nitrogens with one attached hydrogen (secondary N) is 1. The van der Waals surface area contributed by atoms with E-state index in [1.165, 1.54) is 0 Å². The van der Waals surface area contributed by atoms with Crippen LogP contribution in [0.15, 0.2) is 60.7 Å². The van der Waals surface area contributed by atoms with Crippen molar-refractivity contribution in [3.05, 3.63) is 66.2 Å². The summed E-state index contributed by atoms with van der Waals surface area (Å²) >= 11 is 0. The van der Waals surface area contributed by atoms with Gasteiger partial charge in [0.2, 0.25) is 6.79 Å². The minimum atomic E-state index is -0.592. The highest BCUT2D eigenvalue weighted by Gasteiger charge is 2.16. The van der Waals surface area contributed by atoms with Crippen LogP contribution in [0.4, 0.5) is 0 Å². The monoisotopic (exact) mass is 349 g/mol. The van der Waals surface area contributed by atoms with Gasteiger partial charge >= 0.3 is 0 Å². The maximum absolute atomic E-state index is 12.3. The summed E-state index contributed by atoms with van der Waals surface area (Å²) in [6.07, 6.45) is -0.592. The average molecular weight is 349 g/mol. The second-order valence-electron chi connectivity index (χ2n) is 6.17. The number of amides is 1. The van der Waals surface area contributed by atoms with Crippen LogP contribution in [-0.2, 0) is 11.3 Å². The highest BCUT2D eigenvalue weighted by atomic mass is 16.7. The van der Waals surface area contributed by atoms with E-state index in [0.29, 0.717) is 18.0 Å². The number of ether oxygens (including phenoxy) is 3. The summed E-state index contributed by atoms with van der Waals surface area (Å²) < 4.78 is 16.4. The van der Waals surface area contributed by atoms with Crippen LogP contribution < -0.4 is 19.5 Å². The van der Waals surface area contributed by atoms with Crippen molar-refractivity contribution in [3.63, 3.8) is 0 Å². The fourth-order valence-electron chi connectivity index (χ4n) is 2.88. The summed E-state index contributed by atoms with van der Waals surface area (Å²) in [7, 11) is 0. The predicted molar refractivity (Wildman–Crippen MR) is 98.4 cm³/mol. The highest BCUT2D eigenvalue weighted by molar-refractivity contribution is 5.84. The average Bonchev–Trinajstić information content (AvgIpc) is 3.13. The fraction of sp³-hybridized carbons (Fsp3) is 0.190. The number of fused-ring (bicyclic) bond motifs is 2. The van der Waals surface area contributed by atoms with Gasteiger partial charge in [0.1, 0.15) is 5.75 Å². The van der Waals surface area contributed by atoms with Gasteiger partial charge in [-0.1, -0.05) is 36.4 Å². The molecule has 0 bridgehead atoms. The smallest absolute Gasteiger partial charge is 0.261 e. The largest absolute Gasteiger partial charge is 0.481 e. The van der Waals surface area contributed by atoms with Gasteiger partial charge in [0.15, 0.2) is 17.6 Å². The van der Waals surface area contributed by atoms with E-state index in [4.69, 9.17) is 14.2 Å². The summed E-state index contributed by atoms with van der Waals surface area (Å²) in [4.78, 5) is 12.3. The van der Waals surface area contributed by atoms with Crippen molar-refractivity contribution < 1.29 is 19.0 Å². The van der Waals surface area contributed by atoms with E-state index in [9.17, 15) is 4.79 Å². The van der Waals surface area contributed by atoms with Crippen LogP contribution in [0.2, 0.25) is 0 Å². The Kier molecular flexibility index (Phi) is 4.35. The molecule has 0 aromatic heterocycles. The van der Waals surface area contributed by atoms with Crippen LogP contribution in [0.3, 0.4) is 0 Å². The first-order chi connectivity index (χ1) is 12.7. The second-order valence-corrected chi connectivity index (χ2v) is 6.17. The van der Waals surface area contributed by atoms with Crippen molar-refractivity contribution in [1.29, 1.82) is 0 Å². The molecule has 5 heteroatoms. The molecule has 1 heterocycles. The Labute approximate surface area is 151 Å². The van der Waals surface area contributed by atoms with Crippen LogP contribution in [0, 0.1) is 0 Å². The van der Waals surface area contributed by atoms with Crippen LogP contribution >= 0.6 is 0 Å². The van der Waals surface area contributed by atoms with Gasteiger partial charge in [-0.2, -0.15) is 0 Å². The van der Waals surface area contributed by atoms with Crippen molar-refractivity contribution in [2.24, 2.45) is 0 Å². The zero-order chi connectivity index (χ0) is 17.9. The summed E-state index contributed by atoms with van der Waals surface area (Å²) in [6, 6.07) is 19.5. The Morgan fingerprint density at radius 2 is 1.85 bits per heavy atom. The molecule has 1 amide bonds. The standard InChI is InChI=1S/C21H19NO4/c1-14(26-18-8-7-16-4-2-3-5-17(16)11-18)21(23)22-12-15-6-9-19-20(10-15)25-13-24-19/h2-11,14H,12-13H2,1H3,(H,22,23)/t14-/m0/s1. The Morgan fingerprint density at radius 1 is 1.04 bits per heavy atom. The van der Waals surface area contributed by atoms with Crippen LogP contribution in [0.25, 0.3) is 10.8 Å². The summed E-state index contributed by atoms with van der Waals surface area (Å²) in [5.74, 6) is 1.94. The number of carbonyl (C=O) groups is 1. The first-order valence-corrected chi connectivity index (χ1v) is 8.51. The second kappa shape index (κ2) is 6.96. The first-order valence-electron chi connectivity index (χ1n) is 8.51. The molecule has 0 saturated carbocycles. The molecule has 26 heavy (non-hydrogen) atoms. The molecular formula is C21H19NO4. The van der Waals surface area contributed by atoms with Crippen LogP contribution in [0.1, 0.15) is 12.5 Å². The van der Waals surface area contributed by atoms with Crippen molar-refractivity contribution >= 4 is 16.7 Å². The topological polar surface area (TPSA) is 56.8 Å². The number of benzene rings is 3. The number of carbonyl (C=O) groups excluding carboxylic acids is 1. The van der Waals surface area contributed by atoms with Crippen molar-refractivity contribution in [3.8, 4) is 17.2 Å². The molecule has 132 valence electrons. The maximum atomic E-state index is 12.3. The SMILES string of the molecule is C[C@H](Oc1ccc2ccccc2c1)C(=O)NCc1ccc2c(c1)OCO2. The maximum Gasteiger partial charge on any atom is 0.261 e. The van der Waals surface area contributed by atoms with Gasteiger partial charge in [0.25, 0.3) is 5.91 Å². The minimum Gasteiger partial charge on any atom is -0.481 e. The van der Waals surface area contributed by atoms with Crippen molar-refractivity contribution in [1.82, 2.24) is 5.32 Å². The molecule has 1 N–H and O–H groups in total. The zero-order valence-electron chi connectivity index (χ0n) is 14.4. The molecule has 1 aliphatic heterocycles. The fourth-order valence-corrected chi connectivity index (χ4v) is 2.88. The van der Waals surface area contributed by atoms with E-state index >= 15 is 0 Å². The number of hydrogen-bond acceptors (Lipinski definition) is 4. The summed E-state index contributed by atoms with van der Waals surface area (Å²) in [6.45, 7) is 2.38. The third-order valence-corrected chi connectivity index (χ3v) is 4.31. The lowest BCUT2D eigenvalue weighted by molar-refractivity contribution is -0.127. The molecule has 0 saturated heterocycles. The summed E-state index contributed by atoms with van der Waals surface area (Å²) in [5, 5.41) is 5.11. The lowest BCUT2D eigenvalue weighted by Crippen LogP contribution is -2.35. The quantitative estimate of drug-likeness (QED) is 0.764. The number of rotatable bonds is 5. The molecule has 0 aliphatic carbocycles. The van der Waals surface area contributed by atoms with E-state index in [0.717, 1.165) is 22.1 Å². The molecule has 0 unspecified atom stereocenters. The molecule has 0 fully saturated rings. The van der Waals surface area contributed by atoms with Gasteiger partial charge < -0.3 is 19.5 Å². The van der Waals surface area contributed by atoms with Crippen LogP contribution in [-0.4, -0.2) is 18.8 Å². The zero-order valence-corrected chi connectivity index (χ0v) is 14.4. The van der Waals surface area contributed by atoms with Gasteiger partial charge in [-0.15, -0.1) is 0 Å². The molecule has 3 aromatic carbocycles. The van der Waals surface area contributed by atoms with E-state index in [2.05, 4.69) is 5.32 Å². The Hall–Kier alpha value is -3.21. The van der Waals surface area contributed by atoms with Crippen molar-refractivity contribution in [2.75, 3.05) is 6.79 Å². The molecule has 4 rings (SSSR count). The summed E-state index contributed by atoms with van der Waals surface area (Å²) in [5.41, 5.74) is 0.945. The van der Waals surface area contributed by atoms with Crippen LogP contribution in [0.5, 0.6) is 17.2 Å². The first kappa shape index (κ1) is 16.3. The molecule has 0 spiro atoms. The Balaban J connectivity index is 1.36. The molecular weight excluding hydrogens is 330 g/mol. The third-order valence-electron chi connectivity index (χ3n) is 4.31. The normalized spacial score (nSPS) is 13.4. The minimum absolute atomic E-state index is 0.171. The highest BCUT2D eigenvalue weighted by Crippen LogP contribution is 2.32. The number of hydrogen-bond donors (Lipinski definition) is 1. The third kappa shape index (κ3) is 3.42. The van der Waals surface area contributed by atoms with E-state index in [1.807, 2.05) is 60.7 Å². The molecule has 3 aromatic rings. The molecule has 5 nitrogen and oxygen atoms in total. The van der Waals surface area contributed by atoms with E-state index in [-0.39, 0.29) is 12.7 Å². The van der Waals surface area contributed by atoms with Gasteiger partial charge in [-0.25, -0.2) is 0 Å². The lowest BCUT2D eigenvalue weighted by Gasteiger charge is -2.15.